The van der Waals surface area contributed by atoms with Crippen molar-refractivity contribution in [2.45, 2.75) is 70.8 Å². The van der Waals surface area contributed by atoms with Gasteiger partial charge in [-0.3, -0.25) is 9.69 Å². The number of cyclic esters (lactones) is 1. The highest BCUT2D eigenvalue weighted by Gasteiger charge is 2.36. The van der Waals surface area contributed by atoms with E-state index in [-0.39, 0.29) is 36.8 Å². The molecule has 1 atom stereocenters. The molecule has 0 saturated carbocycles. The highest BCUT2D eigenvalue weighted by atomic mass is 16.6. The van der Waals surface area contributed by atoms with Gasteiger partial charge in [-0.15, -0.1) is 0 Å². The third kappa shape index (κ3) is 6.52. The number of piperidine rings is 2. The van der Waals surface area contributed by atoms with Crippen molar-refractivity contribution < 1.29 is 33.3 Å². The van der Waals surface area contributed by atoms with Crippen LogP contribution in [-0.2, 0) is 16.1 Å². The molecule has 41 heavy (non-hydrogen) atoms. The Bertz CT molecular complexity index is 1280. The van der Waals surface area contributed by atoms with Crippen LogP contribution in [0, 0.1) is 0 Å². The maximum atomic E-state index is 13.5. The molecule has 3 aliphatic rings. The Morgan fingerprint density at radius 1 is 0.976 bits per heavy atom. The molecule has 0 bridgehead atoms. The van der Waals surface area contributed by atoms with E-state index in [1.54, 1.807) is 32.9 Å². The quantitative estimate of drug-likeness (QED) is 0.489. The van der Waals surface area contributed by atoms with E-state index in [1.807, 2.05) is 45.0 Å². The number of hydrogen-bond acceptors (Lipinski definition) is 7. The van der Waals surface area contributed by atoms with E-state index in [1.165, 1.54) is 7.11 Å². The van der Waals surface area contributed by atoms with Gasteiger partial charge in [0.2, 0.25) is 0 Å². The highest BCUT2D eigenvalue weighted by molar-refractivity contribution is 5.97. The molecule has 3 heterocycles. The largest absolute Gasteiger partial charge is 0.496 e. The van der Waals surface area contributed by atoms with Gasteiger partial charge in [0.15, 0.2) is 0 Å². The van der Waals surface area contributed by atoms with E-state index in [4.69, 9.17) is 18.9 Å². The Morgan fingerprint density at radius 2 is 1.73 bits per heavy atom. The number of nitrogens with zero attached hydrogens (tertiary/aromatic N) is 3. The first-order valence-corrected chi connectivity index (χ1v) is 14.3. The molecule has 0 N–H and O–H groups in total. The maximum Gasteiger partial charge on any atom is 0.414 e. The number of fused-ring (bicyclic) bond motifs is 1. The van der Waals surface area contributed by atoms with Gasteiger partial charge in [0, 0.05) is 37.3 Å². The number of rotatable bonds is 5. The number of methoxy groups -OCH3 is 1. The summed E-state index contributed by atoms with van der Waals surface area (Å²) in [5.74, 6) is 0.889. The van der Waals surface area contributed by atoms with Crippen LogP contribution < -0.4 is 14.4 Å². The molecular weight excluding hydrogens is 526 g/mol. The summed E-state index contributed by atoms with van der Waals surface area (Å²) in [4.78, 5) is 43.9. The molecule has 10 nitrogen and oxygen atoms in total. The molecule has 2 aromatic carbocycles. The molecule has 1 unspecified atom stereocenters. The second-order valence-electron chi connectivity index (χ2n) is 11.7. The summed E-state index contributed by atoms with van der Waals surface area (Å²) in [6.45, 7) is 7.93. The summed E-state index contributed by atoms with van der Waals surface area (Å²) in [5, 5.41) is 0. The first-order chi connectivity index (χ1) is 19.6. The van der Waals surface area contributed by atoms with Gasteiger partial charge in [0.1, 0.15) is 29.8 Å². The molecular formula is C31H39N3O7. The van der Waals surface area contributed by atoms with Gasteiger partial charge in [-0.25, -0.2) is 9.59 Å². The lowest BCUT2D eigenvalue weighted by Gasteiger charge is -2.40. The number of likely N-dealkylation sites (tertiary alicyclic amines) is 2. The fraction of sp³-hybridized carbons (Fsp3) is 0.516. The molecule has 220 valence electrons. The number of carbonyl (C=O) groups is 3. The Labute approximate surface area is 241 Å². The van der Waals surface area contributed by atoms with Crippen LogP contribution in [0.1, 0.15) is 62.4 Å². The Kier molecular flexibility index (Phi) is 8.28. The number of hydrogen-bond donors (Lipinski definition) is 0. The lowest BCUT2D eigenvalue weighted by molar-refractivity contribution is 0.00770. The van der Waals surface area contributed by atoms with Crippen LogP contribution in [0.25, 0.3) is 0 Å². The van der Waals surface area contributed by atoms with Gasteiger partial charge in [-0.2, -0.15) is 0 Å². The monoisotopic (exact) mass is 565 g/mol. The number of benzene rings is 2. The van der Waals surface area contributed by atoms with Crippen LogP contribution in [0.3, 0.4) is 0 Å². The van der Waals surface area contributed by atoms with E-state index in [2.05, 4.69) is 0 Å². The third-order valence-corrected chi connectivity index (χ3v) is 7.65. The average molecular weight is 566 g/mol. The molecule has 0 aliphatic carbocycles. The van der Waals surface area contributed by atoms with Crippen molar-refractivity contribution in [3.8, 4) is 11.5 Å². The minimum Gasteiger partial charge on any atom is -0.496 e. The number of anilines is 1. The number of carbonyl (C=O) groups excluding carboxylic acids is 3. The highest BCUT2D eigenvalue weighted by Crippen LogP contribution is 2.33. The van der Waals surface area contributed by atoms with Crippen molar-refractivity contribution in [2.24, 2.45) is 0 Å². The van der Waals surface area contributed by atoms with E-state index in [9.17, 15) is 14.4 Å². The van der Waals surface area contributed by atoms with E-state index in [0.717, 1.165) is 24.1 Å². The van der Waals surface area contributed by atoms with Crippen LogP contribution in [0.4, 0.5) is 15.3 Å². The predicted octanol–water partition coefficient (Wildman–Crippen LogP) is 5.23. The minimum atomic E-state index is -0.555. The predicted molar refractivity (Wildman–Crippen MR) is 152 cm³/mol. The third-order valence-electron chi connectivity index (χ3n) is 7.65. The SMILES string of the molecule is COc1cc(OC2CCCN(C(=O)OC(C)(C)C)C2)ccc1C(=O)N1CCC(N2C(=O)OCc3ccccc32)CC1. The molecule has 2 aromatic rings. The van der Waals surface area contributed by atoms with Crippen LogP contribution in [-0.4, -0.2) is 78.9 Å². The zero-order valence-corrected chi connectivity index (χ0v) is 24.3. The van der Waals surface area contributed by atoms with Gasteiger partial charge in [-0.1, -0.05) is 18.2 Å². The Hall–Kier alpha value is -3.95. The van der Waals surface area contributed by atoms with Crippen LogP contribution >= 0.6 is 0 Å². The van der Waals surface area contributed by atoms with Crippen LogP contribution in [0.5, 0.6) is 11.5 Å². The standard InChI is InChI=1S/C31H39N3O7/c1-31(2,3)41-29(36)33-15-7-9-24(19-33)40-23-11-12-25(27(18-23)38-4)28(35)32-16-13-22(14-17-32)34-26-10-6-5-8-21(26)20-39-30(34)37/h5-6,8,10-12,18,22,24H,7,9,13-17,19-20H2,1-4H3. The van der Waals surface area contributed by atoms with E-state index < -0.39 is 5.60 Å². The summed E-state index contributed by atoms with van der Waals surface area (Å²) in [7, 11) is 1.53. The second kappa shape index (κ2) is 11.9. The zero-order valence-electron chi connectivity index (χ0n) is 24.3. The Balaban J connectivity index is 1.20. The number of para-hydroxylation sites is 1. The summed E-state index contributed by atoms with van der Waals surface area (Å²) < 4.78 is 22.7. The zero-order chi connectivity index (χ0) is 29.1. The van der Waals surface area contributed by atoms with Crippen molar-refractivity contribution in [2.75, 3.05) is 38.2 Å². The van der Waals surface area contributed by atoms with Crippen molar-refractivity contribution in [3.05, 3.63) is 53.6 Å². The van der Waals surface area contributed by atoms with Gasteiger partial charge < -0.3 is 28.7 Å². The summed E-state index contributed by atoms with van der Waals surface area (Å²) in [5.41, 5.74) is 1.78. The minimum absolute atomic E-state index is 0.0404. The van der Waals surface area contributed by atoms with Gasteiger partial charge in [0.25, 0.3) is 5.91 Å². The molecule has 2 saturated heterocycles. The van der Waals surface area contributed by atoms with Crippen molar-refractivity contribution in [1.82, 2.24) is 9.80 Å². The normalized spacial score (nSPS) is 19.8. The fourth-order valence-electron chi connectivity index (χ4n) is 5.66. The number of amides is 3. The summed E-state index contributed by atoms with van der Waals surface area (Å²) >= 11 is 0. The van der Waals surface area contributed by atoms with Gasteiger partial charge >= 0.3 is 12.2 Å². The molecule has 5 rings (SSSR count). The average Bonchev–Trinajstić information content (AvgIpc) is 2.96. The van der Waals surface area contributed by atoms with E-state index >= 15 is 0 Å². The van der Waals surface area contributed by atoms with Crippen molar-refractivity contribution in [3.63, 3.8) is 0 Å². The van der Waals surface area contributed by atoms with Gasteiger partial charge in [-0.05, 0) is 64.7 Å². The smallest absolute Gasteiger partial charge is 0.414 e. The molecule has 0 spiro atoms. The molecule has 3 amide bonds. The summed E-state index contributed by atoms with van der Waals surface area (Å²) in [6.07, 6.45) is 2.06. The number of ether oxygens (including phenoxy) is 4. The first-order valence-electron chi connectivity index (χ1n) is 14.3. The van der Waals surface area contributed by atoms with Crippen LogP contribution in [0.2, 0.25) is 0 Å². The second-order valence-corrected chi connectivity index (χ2v) is 11.7. The van der Waals surface area contributed by atoms with Crippen LogP contribution in [0.15, 0.2) is 42.5 Å². The fourth-order valence-corrected chi connectivity index (χ4v) is 5.66. The summed E-state index contributed by atoms with van der Waals surface area (Å²) in [6, 6.07) is 13.0. The maximum absolute atomic E-state index is 13.5. The first kappa shape index (κ1) is 28.6. The molecule has 0 radical (unpaired) electrons. The topological polar surface area (TPSA) is 97.8 Å². The van der Waals surface area contributed by atoms with Crippen molar-refractivity contribution in [1.29, 1.82) is 0 Å². The lowest BCUT2D eigenvalue weighted by Crippen LogP contribution is -2.50. The molecule has 3 aliphatic heterocycles. The van der Waals surface area contributed by atoms with Crippen molar-refractivity contribution >= 4 is 23.8 Å². The molecule has 10 heteroatoms. The van der Waals surface area contributed by atoms with E-state index in [0.29, 0.717) is 56.1 Å². The molecule has 0 aromatic heterocycles. The molecule has 2 fully saturated rings. The lowest BCUT2D eigenvalue weighted by atomic mass is 10.00. The van der Waals surface area contributed by atoms with Gasteiger partial charge in [0.05, 0.1) is 24.9 Å². The Morgan fingerprint density at radius 3 is 2.46 bits per heavy atom.